The first-order valence-electron chi connectivity index (χ1n) is 13.2. The number of nitriles is 1. The van der Waals surface area contributed by atoms with Crippen LogP contribution >= 0.6 is 0 Å². The van der Waals surface area contributed by atoms with Crippen molar-refractivity contribution in [3.63, 3.8) is 0 Å². The molecule has 0 bridgehead atoms. The van der Waals surface area contributed by atoms with Crippen molar-refractivity contribution in [3.8, 4) is 6.07 Å². The van der Waals surface area contributed by atoms with Crippen LogP contribution in [0.1, 0.15) is 38.7 Å². The minimum absolute atomic E-state index is 0.153. The second-order valence-electron chi connectivity index (χ2n) is 10.4. The van der Waals surface area contributed by atoms with Crippen LogP contribution in [0.2, 0.25) is 0 Å². The van der Waals surface area contributed by atoms with Crippen LogP contribution in [-0.2, 0) is 20.7 Å². The van der Waals surface area contributed by atoms with Crippen molar-refractivity contribution in [2.24, 2.45) is 5.92 Å². The van der Waals surface area contributed by atoms with E-state index in [0.29, 0.717) is 44.8 Å². The Bertz CT molecular complexity index is 993. The highest BCUT2D eigenvalue weighted by molar-refractivity contribution is 6.43. The minimum atomic E-state index is -1.77. The predicted octanol–water partition coefficient (Wildman–Crippen LogP) is 1.52. The zero-order chi connectivity index (χ0) is 27.7. The SMILES string of the molecule is C=C(C(C#N)C(=O)N1CCCC[C@@H](OC(=O)N[C@@H](Cc2ccccc2)B(O)O)C1)C(C)(C)N1CCOCC1. The number of benzene rings is 1. The third-order valence-corrected chi connectivity index (χ3v) is 7.49. The molecule has 0 aromatic heterocycles. The topological polar surface area (TPSA) is 135 Å². The van der Waals surface area contributed by atoms with E-state index >= 15 is 0 Å². The Morgan fingerprint density at radius 1 is 1.24 bits per heavy atom. The highest BCUT2D eigenvalue weighted by Gasteiger charge is 2.40. The first-order chi connectivity index (χ1) is 18.1. The Morgan fingerprint density at radius 3 is 2.55 bits per heavy atom. The van der Waals surface area contributed by atoms with Gasteiger partial charge >= 0.3 is 13.2 Å². The van der Waals surface area contributed by atoms with Gasteiger partial charge in [0, 0.05) is 25.2 Å². The maximum Gasteiger partial charge on any atom is 0.475 e. The summed E-state index contributed by atoms with van der Waals surface area (Å²) in [5.74, 6) is -2.33. The van der Waals surface area contributed by atoms with Crippen LogP contribution < -0.4 is 5.32 Å². The molecule has 38 heavy (non-hydrogen) atoms. The molecule has 2 aliphatic heterocycles. The fourth-order valence-corrected chi connectivity index (χ4v) is 4.98. The van der Waals surface area contributed by atoms with Gasteiger partial charge in [0.05, 0.1) is 31.8 Å². The average molecular weight is 526 g/mol. The molecule has 2 heterocycles. The zero-order valence-electron chi connectivity index (χ0n) is 22.3. The van der Waals surface area contributed by atoms with E-state index in [4.69, 9.17) is 9.47 Å². The lowest BCUT2D eigenvalue weighted by Gasteiger charge is -2.43. The number of alkyl carbamates (subject to hydrolysis) is 1. The molecular weight excluding hydrogens is 487 g/mol. The molecule has 206 valence electrons. The molecule has 0 spiro atoms. The Morgan fingerprint density at radius 2 is 1.92 bits per heavy atom. The third-order valence-electron chi connectivity index (χ3n) is 7.49. The van der Waals surface area contributed by atoms with E-state index in [2.05, 4.69) is 22.9 Å². The molecule has 1 aromatic carbocycles. The summed E-state index contributed by atoms with van der Waals surface area (Å²) in [6, 6.07) is 11.3. The van der Waals surface area contributed by atoms with Crippen LogP contribution in [0.25, 0.3) is 0 Å². The summed E-state index contributed by atoms with van der Waals surface area (Å²) in [4.78, 5) is 30.0. The van der Waals surface area contributed by atoms with Crippen LogP contribution in [0.4, 0.5) is 4.79 Å². The van der Waals surface area contributed by atoms with Gasteiger partial charge in [0.1, 0.15) is 12.0 Å². The number of hydrogen-bond acceptors (Lipinski definition) is 8. The molecule has 3 N–H and O–H groups in total. The number of morpholine rings is 1. The van der Waals surface area contributed by atoms with Gasteiger partial charge in [0.2, 0.25) is 5.91 Å². The monoisotopic (exact) mass is 526 g/mol. The van der Waals surface area contributed by atoms with Gasteiger partial charge in [-0.1, -0.05) is 36.9 Å². The molecule has 0 aliphatic carbocycles. The number of likely N-dealkylation sites (tertiary alicyclic amines) is 1. The Labute approximate surface area is 225 Å². The van der Waals surface area contributed by atoms with Crippen molar-refractivity contribution in [1.82, 2.24) is 15.1 Å². The molecule has 3 atom stereocenters. The van der Waals surface area contributed by atoms with Crippen molar-refractivity contribution in [3.05, 3.63) is 48.0 Å². The van der Waals surface area contributed by atoms with E-state index in [1.165, 1.54) is 0 Å². The molecule has 1 unspecified atom stereocenters. The van der Waals surface area contributed by atoms with Crippen molar-refractivity contribution in [2.75, 3.05) is 39.4 Å². The number of hydrogen-bond donors (Lipinski definition) is 3. The standard InChI is InChI=1S/C27H39BN4O6/c1-20(27(2,3)32-13-15-37-16-14-32)23(18-29)25(33)31-12-8-7-11-22(19-31)38-26(34)30-24(28(35)36)17-21-9-5-4-6-10-21/h4-6,9-10,22-24,35-36H,1,7-8,11-17,19H2,2-3H3,(H,30,34)/t22-,23?,24+/m1/s1. The molecular formula is C27H39BN4O6. The van der Waals surface area contributed by atoms with Crippen LogP contribution in [0.3, 0.4) is 0 Å². The fourth-order valence-electron chi connectivity index (χ4n) is 4.98. The minimum Gasteiger partial charge on any atom is -0.444 e. The summed E-state index contributed by atoms with van der Waals surface area (Å²) in [5, 5.41) is 32.0. The molecule has 2 amide bonds. The van der Waals surface area contributed by atoms with Crippen molar-refractivity contribution < 1.29 is 29.1 Å². The summed E-state index contributed by atoms with van der Waals surface area (Å²) in [6.45, 7) is 11.3. The number of nitrogens with zero attached hydrogens (tertiary/aromatic N) is 3. The first kappa shape index (κ1) is 29.6. The number of nitrogens with one attached hydrogen (secondary N) is 1. The smallest absolute Gasteiger partial charge is 0.444 e. The van der Waals surface area contributed by atoms with Gasteiger partial charge in [-0.25, -0.2) is 4.79 Å². The van der Waals surface area contributed by atoms with Crippen molar-refractivity contribution in [2.45, 2.75) is 57.1 Å². The third kappa shape index (κ3) is 7.80. The van der Waals surface area contributed by atoms with Crippen LogP contribution in [0, 0.1) is 17.2 Å². The van der Waals surface area contributed by atoms with E-state index in [1.54, 1.807) is 4.90 Å². The summed E-state index contributed by atoms with van der Waals surface area (Å²) >= 11 is 0. The molecule has 10 nitrogen and oxygen atoms in total. The van der Waals surface area contributed by atoms with Crippen LogP contribution in [-0.4, -0.2) is 95.9 Å². The second-order valence-corrected chi connectivity index (χ2v) is 10.4. The number of rotatable bonds is 9. The maximum atomic E-state index is 13.5. The van der Waals surface area contributed by atoms with Crippen molar-refractivity contribution in [1.29, 1.82) is 5.26 Å². The van der Waals surface area contributed by atoms with Gasteiger partial charge in [0.15, 0.2) is 0 Å². The zero-order valence-corrected chi connectivity index (χ0v) is 22.3. The Balaban J connectivity index is 1.62. The highest BCUT2D eigenvalue weighted by atomic mass is 16.6. The average Bonchev–Trinajstić information content (AvgIpc) is 3.15. The predicted molar refractivity (Wildman–Crippen MR) is 143 cm³/mol. The second kappa shape index (κ2) is 13.8. The number of amides is 2. The van der Waals surface area contributed by atoms with E-state index in [-0.39, 0.29) is 18.9 Å². The lowest BCUT2D eigenvalue weighted by Crippen LogP contribution is -2.53. The quantitative estimate of drug-likeness (QED) is 0.326. The van der Waals surface area contributed by atoms with Crippen molar-refractivity contribution >= 4 is 19.1 Å². The largest absolute Gasteiger partial charge is 0.475 e. The molecule has 2 saturated heterocycles. The summed E-state index contributed by atoms with van der Waals surface area (Å²) in [7, 11) is -1.77. The maximum absolute atomic E-state index is 13.5. The molecule has 3 rings (SSSR count). The highest BCUT2D eigenvalue weighted by Crippen LogP contribution is 2.31. The molecule has 0 saturated carbocycles. The lowest BCUT2D eigenvalue weighted by atomic mass is 9.76. The van der Waals surface area contributed by atoms with Gasteiger partial charge in [-0.3, -0.25) is 9.69 Å². The first-order valence-corrected chi connectivity index (χ1v) is 13.2. The number of carbonyl (C=O) groups excluding carboxylic acids is 2. The van der Waals surface area contributed by atoms with Gasteiger partial charge in [0.25, 0.3) is 0 Å². The lowest BCUT2D eigenvalue weighted by molar-refractivity contribution is -0.134. The van der Waals surface area contributed by atoms with Gasteiger partial charge in [-0.15, -0.1) is 0 Å². The van der Waals surface area contributed by atoms with Gasteiger partial charge < -0.3 is 29.7 Å². The molecule has 11 heteroatoms. The number of carbonyl (C=O) groups is 2. The van der Waals surface area contributed by atoms with E-state index in [9.17, 15) is 24.9 Å². The summed E-state index contributed by atoms with van der Waals surface area (Å²) < 4.78 is 11.1. The molecule has 0 radical (unpaired) electrons. The summed E-state index contributed by atoms with van der Waals surface area (Å²) in [6.07, 6.45) is 0.863. The van der Waals surface area contributed by atoms with E-state index in [1.807, 2.05) is 44.2 Å². The molecule has 1 aromatic rings. The van der Waals surface area contributed by atoms with E-state index in [0.717, 1.165) is 18.4 Å². The summed E-state index contributed by atoms with van der Waals surface area (Å²) in [5.41, 5.74) is 0.798. The normalized spacial score (nSPS) is 20.4. The van der Waals surface area contributed by atoms with Crippen LogP contribution in [0.15, 0.2) is 42.5 Å². The molecule has 2 aliphatic rings. The van der Waals surface area contributed by atoms with Crippen LogP contribution in [0.5, 0.6) is 0 Å². The Hall–Kier alpha value is -2.91. The van der Waals surface area contributed by atoms with E-state index < -0.39 is 36.7 Å². The Kier molecular flexibility index (Phi) is 10.7. The fraction of sp³-hybridized carbons (Fsp3) is 0.593. The van der Waals surface area contributed by atoms with Gasteiger partial charge in [-0.05, 0) is 50.7 Å². The number of ether oxygens (including phenoxy) is 2. The molecule has 2 fully saturated rings. The van der Waals surface area contributed by atoms with Gasteiger partial charge in [-0.2, -0.15) is 5.26 Å².